The maximum absolute atomic E-state index is 6.25. The predicted octanol–water partition coefficient (Wildman–Crippen LogP) is 3.45. The maximum atomic E-state index is 6.25. The molecule has 2 nitrogen and oxygen atoms in total. The van der Waals surface area contributed by atoms with Crippen molar-refractivity contribution < 1.29 is 0 Å². The molecule has 0 fully saturated rings. The van der Waals surface area contributed by atoms with Gasteiger partial charge in [-0.05, 0) is 41.1 Å². The highest BCUT2D eigenvalue weighted by Crippen LogP contribution is 2.25. The second-order valence-corrected chi connectivity index (χ2v) is 6.12. The molecule has 2 aromatic rings. The highest BCUT2D eigenvalue weighted by Gasteiger charge is 2.10. The van der Waals surface area contributed by atoms with Gasteiger partial charge in [-0.2, -0.15) is 0 Å². The molecule has 0 radical (unpaired) electrons. The van der Waals surface area contributed by atoms with Crippen LogP contribution in [0.2, 0.25) is 0 Å². The Kier molecular flexibility index (Phi) is 5.10. The summed E-state index contributed by atoms with van der Waals surface area (Å²) >= 11 is 3.41. The van der Waals surface area contributed by atoms with Crippen molar-refractivity contribution in [2.24, 2.45) is 5.73 Å². The van der Waals surface area contributed by atoms with E-state index in [1.165, 1.54) is 10.5 Å². The minimum Gasteiger partial charge on any atom is -0.321 e. The van der Waals surface area contributed by atoms with E-state index in [1.807, 2.05) is 18.5 Å². The fourth-order valence-electron chi connectivity index (χ4n) is 1.82. The van der Waals surface area contributed by atoms with Crippen LogP contribution in [-0.4, -0.2) is 19.6 Å². The fourth-order valence-corrected chi connectivity index (χ4v) is 3.32. The van der Waals surface area contributed by atoms with E-state index in [0.717, 1.165) is 17.0 Å². The number of hydrogen-bond acceptors (Lipinski definition) is 4. The number of thiophene rings is 2. The number of nitrogens with two attached hydrogens (primary N) is 1. The molecule has 19 heavy (non-hydrogen) atoms. The molecule has 0 aliphatic carbocycles. The van der Waals surface area contributed by atoms with Crippen molar-refractivity contribution in [1.29, 1.82) is 0 Å². The lowest BCUT2D eigenvalue weighted by atomic mass is 10.0. The van der Waals surface area contributed by atoms with Crippen molar-refractivity contribution in [2.45, 2.75) is 6.04 Å². The van der Waals surface area contributed by atoms with Crippen molar-refractivity contribution in [3.8, 4) is 0 Å². The lowest BCUT2D eigenvalue weighted by molar-refractivity contribution is 0.925. The van der Waals surface area contributed by atoms with Gasteiger partial charge in [-0.3, -0.25) is 0 Å². The first-order chi connectivity index (χ1) is 9.22. The van der Waals surface area contributed by atoms with Crippen LogP contribution in [0.4, 0.5) is 0 Å². The van der Waals surface area contributed by atoms with E-state index in [4.69, 9.17) is 5.73 Å². The Morgan fingerprint density at radius 1 is 1.32 bits per heavy atom. The quantitative estimate of drug-likeness (QED) is 0.855. The van der Waals surface area contributed by atoms with Crippen molar-refractivity contribution in [2.75, 3.05) is 13.6 Å². The van der Waals surface area contributed by atoms with Gasteiger partial charge >= 0.3 is 0 Å². The number of likely N-dealkylation sites (N-methyl/N-ethyl adjacent to an activating group) is 1. The van der Waals surface area contributed by atoms with Crippen molar-refractivity contribution in [3.63, 3.8) is 0 Å². The third kappa shape index (κ3) is 3.64. The van der Waals surface area contributed by atoms with Gasteiger partial charge < -0.3 is 11.1 Å². The Bertz CT molecular complexity index is 539. The summed E-state index contributed by atoms with van der Waals surface area (Å²) in [6, 6.07) is 8.11. The van der Waals surface area contributed by atoms with Crippen molar-refractivity contribution >= 4 is 33.8 Å². The van der Waals surface area contributed by atoms with Gasteiger partial charge in [0.1, 0.15) is 0 Å². The first kappa shape index (κ1) is 14.2. The van der Waals surface area contributed by atoms with Crippen LogP contribution in [0.3, 0.4) is 0 Å². The number of hydrogen-bond donors (Lipinski definition) is 2. The van der Waals surface area contributed by atoms with Gasteiger partial charge in [0.2, 0.25) is 0 Å². The molecular weight excluding hydrogens is 272 g/mol. The second kappa shape index (κ2) is 6.82. The molecule has 2 rings (SSSR count). The summed E-state index contributed by atoms with van der Waals surface area (Å²) in [5.74, 6) is 0. The molecule has 100 valence electrons. The highest BCUT2D eigenvalue weighted by atomic mass is 32.1. The normalized spacial score (nSPS) is 13.5. The smallest absolute Gasteiger partial charge is 0.0495 e. The zero-order chi connectivity index (χ0) is 13.7. The van der Waals surface area contributed by atoms with E-state index in [0.29, 0.717) is 0 Å². The molecule has 2 heterocycles. The first-order valence-electron chi connectivity index (χ1n) is 6.10. The van der Waals surface area contributed by atoms with E-state index in [2.05, 4.69) is 41.6 Å². The summed E-state index contributed by atoms with van der Waals surface area (Å²) < 4.78 is 0. The maximum Gasteiger partial charge on any atom is 0.0495 e. The van der Waals surface area contributed by atoms with Gasteiger partial charge in [-0.25, -0.2) is 0 Å². The fraction of sp³-hybridized carbons (Fsp3) is 0.200. The van der Waals surface area contributed by atoms with Crippen LogP contribution < -0.4 is 11.1 Å². The van der Waals surface area contributed by atoms with Crippen LogP contribution in [0.15, 0.2) is 47.7 Å². The summed E-state index contributed by atoms with van der Waals surface area (Å²) in [5, 5.41) is 7.32. The summed E-state index contributed by atoms with van der Waals surface area (Å²) in [6.45, 7) is 4.93. The minimum atomic E-state index is -0.149. The van der Waals surface area contributed by atoms with E-state index in [1.54, 1.807) is 22.7 Å². The molecule has 0 aliphatic heterocycles. The van der Waals surface area contributed by atoms with Crippen molar-refractivity contribution in [3.05, 3.63) is 57.4 Å². The monoisotopic (exact) mass is 290 g/mol. The SMILES string of the molecule is C=C(c1cccs1)C(N)C=C(CNC)c1cccs1. The zero-order valence-corrected chi connectivity index (χ0v) is 12.6. The molecule has 1 unspecified atom stereocenters. The van der Waals surface area contributed by atoms with Crippen LogP contribution in [0.1, 0.15) is 9.75 Å². The Balaban J connectivity index is 2.19. The molecule has 3 N–H and O–H groups in total. The van der Waals surface area contributed by atoms with Gasteiger partial charge in [-0.1, -0.05) is 24.8 Å². The van der Waals surface area contributed by atoms with Crippen LogP contribution in [0.25, 0.3) is 11.1 Å². The zero-order valence-electron chi connectivity index (χ0n) is 10.9. The van der Waals surface area contributed by atoms with Crippen LogP contribution >= 0.6 is 22.7 Å². The summed E-state index contributed by atoms with van der Waals surface area (Å²) in [4.78, 5) is 2.41. The molecule has 0 aromatic carbocycles. The lowest BCUT2D eigenvalue weighted by Gasteiger charge is -2.12. The first-order valence-corrected chi connectivity index (χ1v) is 7.85. The van der Waals surface area contributed by atoms with E-state index >= 15 is 0 Å². The average Bonchev–Trinajstić information content (AvgIpc) is 3.10. The highest BCUT2D eigenvalue weighted by molar-refractivity contribution is 7.11. The Morgan fingerprint density at radius 2 is 1.95 bits per heavy atom. The van der Waals surface area contributed by atoms with Gasteiger partial charge in [0.25, 0.3) is 0 Å². The third-order valence-electron chi connectivity index (χ3n) is 2.83. The third-order valence-corrected chi connectivity index (χ3v) is 4.72. The molecule has 0 saturated heterocycles. The molecule has 2 aromatic heterocycles. The van der Waals surface area contributed by atoms with Gasteiger partial charge in [-0.15, -0.1) is 22.7 Å². The molecule has 0 aliphatic rings. The Labute approximate surface area is 122 Å². The average molecular weight is 290 g/mol. The topological polar surface area (TPSA) is 38.0 Å². The van der Waals surface area contributed by atoms with Gasteiger partial charge in [0.05, 0.1) is 0 Å². The molecule has 4 heteroatoms. The predicted molar refractivity (Wildman–Crippen MR) is 87.6 cm³/mol. The Hall–Kier alpha value is -1.20. The molecule has 0 bridgehead atoms. The van der Waals surface area contributed by atoms with Crippen LogP contribution in [-0.2, 0) is 0 Å². The standard InChI is InChI=1S/C15H18N2S2/c1-11(14-5-3-7-18-14)13(16)9-12(10-17-2)15-6-4-8-19-15/h3-9,13,17H,1,10,16H2,2H3. The van der Waals surface area contributed by atoms with Crippen molar-refractivity contribution in [1.82, 2.24) is 5.32 Å². The summed E-state index contributed by atoms with van der Waals surface area (Å²) in [6.07, 6.45) is 2.10. The summed E-state index contributed by atoms with van der Waals surface area (Å²) in [5.41, 5.74) is 8.45. The number of rotatable bonds is 6. The number of nitrogens with one attached hydrogen (secondary N) is 1. The Morgan fingerprint density at radius 3 is 2.47 bits per heavy atom. The summed E-state index contributed by atoms with van der Waals surface area (Å²) in [7, 11) is 1.95. The molecular formula is C15H18N2S2. The minimum absolute atomic E-state index is 0.149. The molecule has 0 amide bonds. The van der Waals surface area contributed by atoms with Gasteiger partial charge in [0, 0.05) is 22.3 Å². The van der Waals surface area contributed by atoms with E-state index in [9.17, 15) is 0 Å². The second-order valence-electron chi connectivity index (χ2n) is 4.23. The van der Waals surface area contributed by atoms with E-state index < -0.39 is 0 Å². The molecule has 1 atom stereocenters. The largest absolute Gasteiger partial charge is 0.321 e. The molecule has 0 saturated carbocycles. The lowest BCUT2D eigenvalue weighted by Crippen LogP contribution is -2.20. The molecule has 0 spiro atoms. The van der Waals surface area contributed by atoms with Crippen LogP contribution in [0, 0.1) is 0 Å². The van der Waals surface area contributed by atoms with E-state index in [-0.39, 0.29) is 6.04 Å². The van der Waals surface area contributed by atoms with Crippen LogP contribution in [0.5, 0.6) is 0 Å². The van der Waals surface area contributed by atoms with Gasteiger partial charge in [0.15, 0.2) is 0 Å².